The van der Waals surface area contributed by atoms with Gasteiger partial charge in [0, 0.05) is 12.6 Å². The number of aromatic nitrogens is 2. The van der Waals surface area contributed by atoms with Crippen molar-refractivity contribution in [2.45, 2.75) is 31.0 Å². The molecule has 0 bridgehead atoms. The van der Waals surface area contributed by atoms with E-state index in [0.717, 1.165) is 4.57 Å². The first-order chi connectivity index (χ1) is 12.1. The highest BCUT2D eigenvalue weighted by atomic mass is 19.4. The minimum Gasteiger partial charge on any atom is -0.394 e. The molecule has 1 aliphatic heterocycles. The molecule has 1 saturated heterocycles. The lowest BCUT2D eigenvalue weighted by Gasteiger charge is -2.15. The molecule has 12 heteroatoms. The summed E-state index contributed by atoms with van der Waals surface area (Å²) < 4.78 is 42.5. The van der Waals surface area contributed by atoms with E-state index in [9.17, 15) is 27.9 Å². The second kappa shape index (κ2) is 7.73. The molecule has 0 spiro atoms. The van der Waals surface area contributed by atoms with Crippen molar-refractivity contribution < 1.29 is 32.9 Å². The second-order valence-electron chi connectivity index (χ2n) is 5.33. The molecule has 1 amide bonds. The average Bonchev–Trinajstić information content (AvgIpc) is 2.92. The zero-order chi connectivity index (χ0) is 19.5. The fraction of sp³-hybridized carbons (Fsp3) is 0.500. The van der Waals surface area contributed by atoms with Crippen molar-refractivity contribution in [2.24, 2.45) is 0 Å². The van der Waals surface area contributed by atoms with Gasteiger partial charge in [0.2, 0.25) is 0 Å². The van der Waals surface area contributed by atoms with Crippen molar-refractivity contribution in [3.63, 3.8) is 0 Å². The van der Waals surface area contributed by atoms with Crippen LogP contribution in [0.25, 0.3) is 0 Å². The van der Waals surface area contributed by atoms with Crippen LogP contribution in [0, 0.1) is 11.8 Å². The molecule has 1 fully saturated rings. The Morgan fingerprint density at radius 1 is 1.54 bits per heavy atom. The number of carbonyl (C=O) groups is 1. The molecule has 5 N–H and O–H groups in total. The molecule has 0 aromatic carbocycles. The number of carbonyl (C=O) groups excluding carboxylic acids is 1. The Morgan fingerprint density at radius 3 is 2.81 bits per heavy atom. The highest BCUT2D eigenvalue weighted by Gasteiger charge is 2.38. The summed E-state index contributed by atoms with van der Waals surface area (Å²) >= 11 is 0. The number of halogens is 3. The van der Waals surface area contributed by atoms with Gasteiger partial charge in [0.25, 0.3) is 0 Å². The van der Waals surface area contributed by atoms with Crippen molar-refractivity contribution in [1.82, 2.24) is 14.9 Å². The van der Waals surface area contributed by atoms with Gasteiger partial charge >= 0.3 is 17.8 Å². The first-order valence-electron chi connectivity index (χ1n) is 7.30. The average molecular weight is 376 g/mol. The second-order valence-corrected chi connectivity index (χ2v) is 5.33. The number of rotatable bonds is 3. The van der Waals surface area contributed by atoms with E-state index in [1.807, 2.05) is 0 Å². The summed E-state index contributed by atoms with van der Waals surface area (Å²) in [7, 11) is 0. The Kier molecular flexibility index (Phi) is 5.86. The molecule has 0 saturated carbocycles. The van der Waals surface area contributed by atoms with Gasteiger partial charge in [0.05, 0.1) is 24.8 Å². The van der Waals surface area contributed by atoms with Gasteiger partial charge < -0.3 is 26.0 Å². The number of hydrogen-bond acceptors (Lipinski definition) is 7. The van der Waals surface area contributed by atoms with Crippen LogP contribution in [0.15, 0.2) is 11.0 Å². The molecule has 142 valence electrons. The van der Waals surface area contributed by atoms with Gasteiger partial charge in [-0.05, 0) is 0 Å². The van der Waals surface area contributed by atoms with Gasteiger partial charge in [-0.2, -0.15) is 18.2 Å². The summed E-state index contributed by atoms with van der Waals surface area (Å²) in [5.41, 5.74) is 4.80. The minimum absolute atomic E-state index is 0.0191. The SMILES string of the molecule is Nc1nc(=O)n([C@@H]2C[C@@H](O)[C@H](CO)O2)cc1C#CCNC(=O)C(F)(F)F. The molecule has 2 rings (SSSR count). The minimum atomic E-state index is -5.01. The number of amides is 1. The Hall–Kier alpha value is -2.62. The predicted octanol–water partition coefficient (Wildman–Crippen LogP) is -1.50. The summed E-state index contributed by atoms with van der Waals surface area (Å²) in [6, 6.07) is 0. The van der Waals surface area contributed by atoms with Gasteiger partial charge in [0.15, 0.2) is 0 Å². The number of alkyl halides is 3. The van der Waals surface area contributed by atoms with Crippen LogP contribution >= 0.6 is 0 Å². The summed E-state index contributed by atoms with van der Waals surface area (Å²) in [6.45, 7) is -1.04. The molecule has 26 heavy (non-hydrogen) atoms. The van der Waals surface area contributed by atoms with Gasteiger partial charge in [-0.25, -0.2) is 4.79 Å². The topological polar surface area (TPSA) is 140 Å². The Bertz CT molecular complexity index is 798. The number of nitrogen functional groups attached to an aromatic ring is 1. The van der Waals surface area contributed by atoms with Gasteiger partial charge in [-0.1, -0.05) is 11.8 Å². The van der Waals surface area contributed by atoms with Gasteiger partial charge in [0.1, 0.15) is 18.1 Å². The highest BCUT2D eigenvalue weighted by molar-refractivity contribution is 5.81. The van der Waals surface area contributed by atoms with Gasteiger partial charge in [-0.3, -0.25) is 9.36 Å². The molecule has 1 aromatic rings. The molecular weight excluding hydrogens is 361 g/mol. The number of hydrogen-bond donors (Lipinski definition) is 4. The van der Waals surface area contributed by atoms with E-state index in [4.69, 9.17) is 15.6 Å². The van der Waals surface area contributed by atoms with E-state index in [1.54, 1.807) is 5.32 Å². The molecule has 0 aliphatic carbocycles. The zero-order valence-electron chi connectivity index (χ0n) is 13.2. The van der Waals surface area contributed by atoms with Crippen LogP contribution in [-0.2, 0) is 9.53 Å². The quantitative estimate of drug-likeness (QED) is 0.471. The standard InChI is InChI=1S/C14H15F3N4O5/c15-14(16,17)12(24)19-3-1-2-7-5-21(13(25)20-11(7)18)10-4-8(23)9(6-22)26-10/h5,8-10,22-23H,3-4,6H2,(H,19,24)(H2,18,20,25)/t8-,9+,10+/m1/s1. The summed E-state index contributed by atoms with van der Waals surface area (Å²) in [5.74, 6) is 2.28. The summed E-state index contributed by atoms with van der Waals surface area (Å²) in [6.07, 6.45) is -6.57. The Balaban J connectivity index is 2.15. The fourth-order valence-electron chi connectivity index (χ4n) is 2.20. The first-order valence-corrected chi connectivity index (χ1v) is 7.30. The summed E-state index contributed by atoms with van der Waals surface area (Å²) in [5, 5.41) is 20.4. The van der Waals surface area contributed by atoms with E-state index >= 15 is 0 Å². The van der Waals surface area contributed by atoms with Crippen molar-refractivity contribution in [2.75, 3.05) is 18.9 Å². The molecular formula is C14H15F3N4O5. The van der Waals surface area contributed by atoms with Gasteiger partial charge in [-0.15, -0.1) is 0 Å². The van der Waals surface area contributed by atoms with Crippen molar-refractivity contribution in [3.8, 4) is 11.8 Å². The molecule has 2 heterocycles. The number of anilines is 1. The van der Waals surface area contributed by atoms with Crippen molar-refractivity contribution in [3.05, 3.63) is 22.2 Å². The van der Waals surface area contributed by atoms with Crippen LogP contribution in [0.1, 0.15) is 18.2 Å². The molecule has 9 nitrogen and oxygen atoms in total. The van der Waals surface area contributed by atoms with E-state index in [0.29, 0.717) is 0 Å². The van der Waals surface area contributed by atoms with Crippen molar-refractivity contribution >= 4 is 11.7 Å². The molecule has 3 atom stereocenters. The van der Waals surface area contributed by atoms with Crippen LogP contribution in [-0.4, -0.2) is 57.2 Å². The number of ether oxygens (including phenoxy) is 1. The molecule has 0 unspecified atom stereocenters. The lowest BCUT2D eigenvalue weighted by atomic mass is 10.2. The van der Waals surface area contributed by atoms with E-state index < -0.39 is 49.4 Å². The van der Waals surface area contributed by atoms with E-state index in [1.165, 1.54) is 6.20 Å². The lowest BCUT2D eigenvalue weighted by Crippen LogP contribution is -2.36. The smallest absolute Gasteiger partial charge is 0.394 e. The Morgan fingerprint density at radius 2 is 2.23 bits per heavy atom. The number of aliphatic hydroxyl groups is 2. The van der Waals surface area contributed by atoms with Crippen LogP contribution in [0.4, 0.5) is 19.0 Å². The van der Waals surface area contributed by atoms with Crippen LogP contribution in [0.2, 0.25) is 0 Å². The maximum atomic E-state index is 12.0. The molecule has 0 radical (unpaired) electrons. The van der Waals surface area contributed by atoms with E-state index in [2.05, 4.69) is 16.8 Å². The number of nitrogens with zero attached hydrogens (tertiary/aromatic N) is 2. The third-order valence-corrected chi connectivity index (χ3v) is 3.49. The monoisotopic (exact) mass is 376 g/mol. The van der Waals surface area contributed by atoms with Crippen LogP contribution in [0.3, 0.4) is 0 Å². The maximum absolute atomic E-state index is 12.0. The third-order valence-electron chi connectivity index (χ3n) is 3.49. The van der Waals surface area contributed by atoms with Crippen LogP contribution in [0.5, 0.6) is 0 Å². The van der Waals surface area contributed by atoms with Crippen molar-refractivity contribution in [1.29, 1.82) is 0 Å². The van der Waals surface area contributed by atoms with E-state index in [-0.39, 0.29) is 17.8 Å². The Labute approximate surface area is 144 Å². The number of nitrogens with one attached hydrogen (secondary N) is 1. The lowest BCUT2D eigenvalue weighted by molar-refractivity contribution is -0.173. The van der Waals surface area contributed by atoms with Crippen LogP contribution < -0.4 is 16.7 Å². The zero-order valence-corrected chi connectivity index (χ0v) is 13.2. The fourth-order valence-corrected chi connectivity index (χ4v) is 2.20. The number of aliphatic hydroxyl groups excluding tert-OH is 2. The third kappa shape index (κ3) is 4.51. The first kappa shape index (κ1) is 19.7. The normalized spacial score (nSPS) is 22.6. The largest absolute Gasteiger partial charge is 0.471 e. The predicted molar refractivity (Wildman–Crippen MR) is 80.5 cm³/mol. The molecule has 1 aliphatic rings. The number of nitrogens with two attached hydrogens (primary N) is 1. The summed E-state index contributed by atoms with van der Waals surface area (Å²) in [4.78, 5) is 26.1. The maximum Gasteiger partial charge on any atom is 0.471 e. The molecule has 1 aromatic heterocycles. The highest BCUT2D eigenvalue weighted by Crippen LogP contribution is 2.27.